The van der Waals surface area contributed by atoms with Crippen LogP contribution in [0.25, 0.3) is 0 Å². The summed E-state index contributed by atoms with van der Waals surface area (Å²) >= 11 is 0. The molecule has 3 N–H and O–H groups in total. The number of aromatic nitrogens is 1. The molecule has 2 heterocycles. The standard InChI is InChI=1S/C19H26N4O3/c1-19(2)6-3-4-12-11-23(7-5-15(12)19)18(26)17(25)22-14-8-13(16(20)24)9-21-10-14/h8-10,12,15H,3-7,11H2,1-2H3,(H2,20,24)(H,22,25). The molecule has 2 atom stereocenters. The van der Waals surface area contributed by atoms with Crippen molar-refractivity contribution in [3.8, 4) is 0 Å². The van der Waals surface area contributed by atoms with Crippen LogP contribution in [0, 0.1) is 17.3 Å². The number of likely N-dealkylation sites (tertiary alicyclic amines) is 1. The number of fused-ring (bicyclic) bond motifs is 1. The van der Waals surface area contributed by atoms with Gasteiger partial charge >= 0.3 is 11.8 Å². The van der Waals surface area contributed by atoms with E-state index in [1.54, 1.807) is 4.90 Å². The number of nitrogens with two attached hydrogens (primary N) is 1. The number of carbonyl (C=O) groups excluding carboxylic acids is 3. The zero-order valence-electron chi connectivity index (χ0n) is 15.3. The third kappa shape index (κ3) is 3.71. The van der Waals surface area contributed by atoms with E-state index in [4.69, 9.17) is 5.73 Å². The largest absolute Gasteiger partial charge is 0.366 e. The molecule has 1 aliphatic heterocycles. The number of nitrogens with zero attached hydrogens (tertiary/aromatic N) is 2. The highest BCUT2D eigenvalue weighted by Crippen LogP contribution is 2.47. The Hall–Kier alpha value is -2.44. The summed E-state index contributed by atoms with van der Waals surface area (Å²) in [6, 6.07) is 1.41. The van der Waals surface area contributed by atoms with Gasteiger partial charge in [0, 0.05) is 19.3 Å². The Kier molecular flexibility index (Phi) is 4.98. The lowest BCUT2D eigenvalue weighted by atomic mass is 9.61. The number of nitrogens with one attached hydrogen (secondary N) is 1. The summed E-state index contributed by atoms with van der Waals surface area (Å²) in [7, 11) is 0. The molecule has 7 heteroatoms. The van der Waals surface area contributed by atoms with Crippen LogP contribution < -0.4 is 11.1 Å². The Morgan fingerprint density at radius 1 is 1.27 bits per heavy atom. The lowest BCUT2D eigenvalue weighted by Crippen LogP contribution is -2.51. The molecule has 0 spiro atoms. The van der Waals surface area contributed by atoms with Crippen LogP contribution in [0.3, 0.4) is 0 Å². The number of carbonyl (C=O) groups is 3. The summed E-state index contributed by atoms with van der Waals surface area (Å²) in [5, 5.41) is 2.52. The number of pyridine rings is 1. The molecule has 0 bridgehead atoms. The van der Waals surface area contributed by atoms with Crippen LogP contribution in [0.4, 0.5) is 5.69 Å². The summed E-state index contributed by atoms with van der Waals surface area (Å²) in [6.07, 6.45) is 7.15. The van der Waals surface area contributed by atoms with Gasteiger partial charge in [-0.3, -0.25) is 19.4 Å². The average molecular weight is 358 g/mol. The second kappa shape index (κ2) is 7.05. The van der Waals surface area contributed by atoms with Crippen LogP contribution in [-0.4, -0.2) is 40.7 Å². The summed E-state index contributed by atoms with van der Waals surface area (Å²) in [4.78, 5) is 41.6. The van der Waals surface area contributed by atoms with Crippen molar-refractivity contribution in [3.63, 3.8) is 0 Å². The average Bonchev–Trinajstić information content (AvgIpc) is 2.60. The molecule has 2 fully saturated rings. The predicted octanol–water partition coefficient (Wildman–Crippen LogP) is 1.79. The third-order valence-corrected chi connectivity index (χ3v) is 5.90. The first kappa shape index (κ1) is 18.4. The molecule has 2 unspecified atom stereocenters. The highest BCUT2D eigenvalue weighted by Gasteiger charge is 2.43. The second-order valence-corrected chi connectivity index (χ2v) is 8.07. The van der Waals surface area contributed by atoms with E-state index in [1.165, 1.54) is 31.3 Å². The maximum atomic E-state index is 12.6. The maximum absolute atomic E-state index is 12.6. The molecule has 0 radical (unpaired) electrons. The molecule has 7 nitrogen and oxygen atoms in total. The fourth-order valence-electron chi connectivity index (χ4n) is 4.51. The number of primary amides is 1. The second-order valence-electron chi connectivity index (χ2n) is 8.07. The number of anilines is 1. The molecular formula is C19H26N4O3. The molecule has 0 aromatic carbocycles. The van der Waals surface area contributed by atoms with Crippen molar-refractivity contribution >= 4 is 23.4 Å². The van der Waals surface area contributed by atoms with E-state index in [2.05, 4.69) is 24.1 Å². The van der Waals surface area contributed by atoms with E-state index in [0.29, 0.717) is 30.3 Å². The van der Waals surface area contributed by atoms with Gasteiger partial charge in [-0.1, -0.05) is 20.3 Å². The van der Waals surface area contributed by atoms with Gasteiger partial charge in [-0.25, -0.2) is 0 Å². The Bertz CT molecular complexity index is 731. The smallest absolute Gasteiger partial charge is 0.313 e. The van der Waals surface area contributed by atoms with Gasteiger partial charge < -0.3 is 16.0 Å². The summed E-state index contributed by atoms with van der Waals surface area (Å²) < 4.78 is 0. The van der Waals surface area contributed by atoms with E-state index in [-0.39, 0.29) is 11.3 Å². The van der Waals surface area contributed by atoms with Crippen LogP contribution in [0.5, 0.6) is 0 Å². The lowest BCUT2D eigenvalue weighted by Gasteiger charge is -2.49. The molecule has 1 aromatic rings. The van der Waals surface area contributed by atoms with Gasteiger partial charge in [0.25, 0.3) is 0 Å². The molecule has 1 aliphatic carbocycles. The van der Waals surface area contributed by atoms with Gasteiger partial charge in [0.05, 0.1) is 17.4 Å². The molecule has 140 valence electrons. The van der Waals surface area contributed by atoms with Crippen LogP contribution in [0.1, 0.15) is 49.9 Å². The van der Waals surface area contributed by atoms with Gasteiger partial charge in [-0.15, -0.1) is 0 Å². The molecular weight excluding hydrogens is 332 g/mol. The highest BCUT2D eigenvalue weighted by atomic mass is 16.2. The number of rotatable bonds is 2. The van der Waals surface area contributed by atoms with Gasteiger partial charge in [-0.05, 0) is 42.6 Å². The SMILES string of the molecule is CC1(C)CCCC2CN(C(=O)C(=O)Nc3cncc(C(N)=O)c3)CCC21. The quantitative estimate of drug-likeness (QED) is 0.786. The topological polar surface area (TPSA) is 105 Å². The first-order valence-corrected chi connectivity index (χ1v) is 9.13. The van der Waals surface area contributed by atoms with Gasteiger partial charge in [-0.2, -0.15) is 0 Å². The fourth-order valence-corrected chi connectivity index (χ4v) is 4.51. The Morgan fingerprint density at radius 3 is 2.77 bits per heavy atom. The lowest BCUT2D eigenvalue weighted by molar-refractivity contribution is -0.146. The van der Waals surface area contributed by atoms with Gasteiger partial charge in [0.2, 0.25) is 5.91 Å². The molecule has 26 heavy (non-hydrogen) atoms. The van der Waals surface area contributed by atoms with E-state index in [1.807, 2.05) is 0 Å². The molecule has 1 saturated carbocycles. The van der Waals surface area contributed by atoms with Gasteiger partial charge in [0.1, 0.15) is 0 Å². The van der Waals surface area contributed by atoms with E-state index < -0.39 is 17.7 Å². The minimum Gasteiger partial charge on any atom is -0.366 e. The van der Waals surface area contributed by atoms with Crippen molar-refractivity contribution in [1.82, 2.24) is 9.88 Å². The molecule has 2 aliphatic rings. The van der Waals surface area contributed by atoms with Crippen LogP contribution in [0.15, 0.2) is 18.5 Å². The monoisotopic (exact) mass is 358 g/mol. The molecule has 1 aromatic heterocycles. The van der Waals surface area contributed by atoms with Crippen molar-refractivity contribution in [3.05, 3.63) is 24.0 Å². The minimum absolute atomic E-state index is 0.181. The van der Waals surface area contributed by atoms with Crippen LogP contribution in [-0.2, 0) is 9.59 Å². The Labute approximate surface area is 153 Å². The van der Waals surface area contributed by atoms with E-state index in [9.17, 15) is 14.4 Å². The molecule has 3 rings (SSSR count). The first-order chi connectivity index (χ1) is 12.3. The molecule has 1 saturated heterocycles. The summed E-state index contributed by atoms with van der Waals surface area (Å²) in [6.45, 7) is 5.87. The molecule has 3 amide bonds. The highest BCUT2D eigenvalue weighted by molar-refractivity contribution is 6.39. The zero-order valence-corrected chi connectivity index (χ0v) is 15.3. The van der Waals surface area contributed by atoms with E-state index >= 15 is 0 Å². The van der Waals surface area contributed by atoms with E-state index in [0.717, 1.165) is 12.8 Å². The number of piperidine rings is 1. The first-order valence-electron chi connectivity index (χ1n) is 9.13. The van der Waals surface area contributed by atoms with Crippen molar-refractivity contribution in [2.45, 2.75) is 39.5 Å². The minimum atomic E-state index is -0.707. The number of hydrogen-bond donors (Lipinski definition) is 2. The zero-order chi connectivity index (χ0) is 18.9. The summed E-state index contributed by atoms with van der Waals surface area (Å²) in [5.74, 6) is -0.802. The fraction of sp³-hybridized carbons (Fsp3) is 0.579. The Morgan fingerprint density at radius 2 is 2.04 bits per heavy atom. The third-order valence-electron chi connectivity index (χ3n) is 5.90. The van der Waals surface area contributed by atoms with Crippen molar-refractivity contribution in [2.24, 2.45) is 23.0 Å². The Balaban J connectivity index is 1.63. The summed E-state index contributed by atoms with van der Waals surface area (Å²) in [5.41, 5.74) is 5.98. The van der Waals surface area contributed by atoms with Crippen LogP contribution >= 0.6 is 0 Å². The van der Waals surface area contributed by atoms with Crippen LogP contribution in [0.2, 0.25) is 0 Å². The predicted molar refractivity (Wildman–Crippen MR) is 97.2 cm³/mol. The van der Waals surface area contributed by atoms with Crippen molar-refractivity contribution in [2.75, 3.05) is 18.4 Å². The number of amides is 3. The van der Waals surface area contributed by atoms with Crippen molar-refractivity contribution < 1.29 is 14.4 Å². The van der Waals surface area contributed by atoms with Gasteiger partial charge in [0.15, 0.2) is 0 Å². The number of hydrogen-bond acceptors (Lipinski definition) is 4. The normalized spacial score (nSPS) is 24.5. The van der Waals surface area contributed by atoms with Crippen molar-refractivity contribution in [1.29, 1.82) is 0 Å². The maximum Gasteiger partial charge on any atom is 0.313 e.